The fraction of sp³-hybridized carbons (Fsp3) is 0.467. The van der Waals surface area contributed by atoms with E-state index in [1.165, 1.54) is 0 Å². The molecule has 1 aromatic rings. The van der Waals surface area contributed by atoms with Crippen LogP contribution in [0.25, 0.3) is 0 Å². The summed E-state index contributed by atoms with van der Waals surface area (Å²) >= 11 is 0. The first-order valence-electron chi connectivity index (χ1n) is 6.74. The number of carboxylic acids is 1. The van der Waals surface area contributed by atoms with E-state index in [1.54, 1.807) is 6.92 Å². The molecule has 0 radical (unpaired) electrons. The van der Waals surface area contributed by atoms with Crippen molar-refractivity contribution >= 4 is 11.9 Å². The highest BCUT2D eigenvalue weighted by atomic mass is 16.5. The number of nitrogens with one attached hydrogen (secondary N) is 1. The van der Waals surface area contributed by atoms with E-state index in [0.717, 1.165) is 12.0 Å². The highest BCUT2D eigenvalue weighted by molar-refractivity contribution is 5.78. The monoisotopic (exact) mass is 279 g/mol. The molecule has 1 amide bonds. The quantitative estimate of drug-likeness (QED) is 0.763. The number of aliphatic carboxylic acids is 1. The molecule has 0 saturated heterocycles. The molecule has 0 aliphatic heterocycles. The molecule has 1 rings (SSSR count). The van der Waals surface area contributed by atoms with Crippen LogP contribution in [0, 0.1) is 0 Å². The van der Waals surface area contributed by atoms with E-state index in [0.29, 0.717) is 12.2 Å². The van der Waals surface area contributed by atoms with Crippen LogP contribution in [0.3, 0.4) is 0 Å². The molecule has 0 aliphatic carbocycles. The van der Waals surface area contributed by atoms with Crippen molar-refractivity contribution < 1.29 is 19.4 Å². The molecule has 1 atom stereocenters. The fourth-order valence-electron chi connectivity index (χ4n) is 1.81. The second-order valence-corrected chi connectivity index (χ2v) is 4.65. The van der Waals surface area contributed by atoms with Crippen molar-refractivity contribution in [2.24, 2.45) is 0 Å². The molecule has 5 nitrogen and oxygen atoms in total. The molecule has 1 aromatic carbocycles. The molecule has 1 unspecified atom stereocenters. The van der Waals surface area contributed by atoms with Gasteiger partial charge in [-0.25, -0.2) is 0 Å². The van der Waals surface area contributed by atoms with Gasteiger partial charge in [-0.05, 0) is 31.4 Å². The lowest BCUT2D eigenvalue weighted by molar-refractivity contribution is -0.137. The average Bonchev–Trinajstić information content (AvgIpc) is 2.43. The third-order valence-electron chi connectivity index (χ3n) is 2.91. The second kappa shape index (κ2) is 8.19. The maximum absolute atomic E-state index is 11.7. The van der Waals surface area contributed by atoms with Crippen LogP contribution >= 0.6 is 0 Å². The SMILES string of the molecule is CCc1ccccc1OCC(=O)NC(C)CCC(=O)O. The Morgan fingerprint density at radius 3 is 2.70 bits per heavy atom. The van der Waals surface area contributed by atoms with Gasteiger partial charge < -0.3 is 15.2 Å². The lowest BCUT2D eigenvalue weighted by Gasteiger charge is -2.14. The van der Waals surface area contributed by atoms with Crippen LogP contribution in [0.4, 0.5) is 0 Å². The Kier molecular flexibility index (Phi) is 6.56. The molecule has 5 heteroatoms. The van der Waals surface area contributed by atoms with E-state index in [-0.39, 0.29) is 25.0 Å². The van der Waals surface area contributed by atoms with E-state index in [2.05, 4.69) is 5.32 Å². The van der Waals surface area contributed by atoms with Gasteiger partial charge in [0.2, 0.25) is 0 Å². The third-order valence-corrected chi connectivity index (χ3v) is 2.91. The average molecular weight is 279 g/mol. The van der Waals surface area contributed by atoms with Gasteiger partial charge in [-0.15, -0.1) is 0 Å². The van der Waals surface area contributed by atoms with E-state index in [1.807, 2.05) is 31.2 Å². The minimum absolute atomic E-state index is 0.0426. The predicted molar refractivity (Wildman–Crippen MR) is 75.8 cm³/mol. The van der Waals surface area contributed by atoms with Crippen LogP contribution in [0.5, 0.6) is 5.75 Å². The Hall–Kier alpha value is -2.04. The largest absolute Gasteiger partial charge is 0.483 e. The first-order valence-corrected chi connectivity index (χ1v) is 6.74. The number of rotatable bonds is 8. The minimum Gasteiger partial charge on any atom is -0.483 e. The molecule has 110 valence electrons. The number of hydrogen-bond donors (Lipinski definition) is 2. The molecule has 0 aliphatic rings. The Balaban J connectivity index is 2.37. The zero-order chi connectivity index (χ0) is 15.0. The molecule has 20 heavy (non-hydrogen) atoms. The van der Waals surface area contributed by atoms with Gasteiger partial charge in [0.25, 0.3) is 5.91 Å². The maximum atomic E-state index is 11.7. The topological polar surface area (TPSA) is 75.6 Å². The number of amides is 1. The number of benzene rings is 1. The molecular formula is C15H21NO4. The summed E-state index contributed by atoms with van der Waals surface area (Å²) < 4.78 is 5.49. The molecule has 0 fully saturated rings. The number of hydrogen-bond acceptors (Lipinski definition) is 3. The van der Waals surface area contributed by atoms with Crippen LogP contribution in [-0.2, 0) is 16.0 Å². The Labute approximate surface area is 118 Å². The van der Waals surface area contributed by atoms with Gasteiger partial charge in [-0.1, -0.05) is 25.1 Å². The van der Waals surface area contributed by atoms with Gasteiger partial charge in [-0.3, -0.25) is 9.59 Å². The van der Waals surface area contributed by atoms with Crippen molar-refractivity contribution in [1.29, 1.82) is 0 Å². The predicted octanol–water partition coefficient (Wildman–Crippen LogP) is 2.00. The van der Waals surface area contributed by atoms with Crippen molar-refractivity contribution in [1.82, 2.24) is 5.32 Å². The van der Waals surface area contributed by atoms with Gasteiger partial charge in [0.1, 0.15) is 5.75 Å². The third kappa shape index (κ3) is 5.73. The fourth-order valence-corrected chi connectivity index (χ4v) is 1.81. The van der Waals surface area contributed by atoms with Crippen molar-refractivity contribution in [3.63, 3.8) is 0 Å². The normalized spacial score (nSPS) is 11.7. The number of carbonyl (C=O) groups excluding carboxylic acids is 1. The Bertz CT molecular complexity index is 459. The molecule has 0 saturated carbocycles. The zero-order valence-corrected chi connectivity index (χ0v) is 11.9. The van der Waals surface area contributed by atoms with E-state index < -0.39 is 5.97 Å². The van der Waals surface area contributed by atoms with Gasteiger partial charge in [0, 0.05) is 12.5 Å². The van der Waals surface area contributed by atoms with Crippen LogP contribution < -0.4 is 10.1 Å². The summed E-state index contributed by atoms with van der Waals surface area (Å²) in [7, 11) is 0. The molecule has 0 aromatic heterocycles. The Morgan fingerprint density at radius 2 is 2.05 bits per heavy atom. The van der Waals surface area contributed by atoms with Crippen LogP contribution in [0.15, 0.2) is 24.3 Å². The zero-order valence-electron chi connectivity index (χ0n) is 11.9. The first kappa shape index (κ1) is 16.0. The summed E-state index contributed by atoms with van der Waals surface area (Å²) in [5.74, 6) is -0.392. The number of para-hydroxylation sites is 1. The standard InChI is InChI=1S/C15H21NO4/c1-3-12-6-4-5-7-13(12)20-10-14(17)16-11(2)8-9-15(18)19/h4-7,11H,3,8-10H2,1-2H3,(H,16,17)(H,18,19). The smallest absolute Gasteiger partial charge is 0.303 e. The van der Waals surface area contributed by atoms with Crippen LogP contribution in [0.1, 0.15) is 32.3 Å². The van der Waals surface area contributed by atoms with Crippen molar-refractivity contribution in [3.05, 3.63) is 29.8 Å². The molecule has 0 bridgehead atoms. The summed E-state index contributed by atoms with van der Waals surface area (Å²) in [5, 5.41) is 11.3. The van der Waals surface area contributed by atoms with E-state index in [4.69, 9.17) is 9.84 Å². The van der Waals surface area contributed by atoms with Crippen molar-refractivity contribution in [2.45, 2.75) is 39.2 Å². The number of ether oxygens (including phenoxy) is 1. The van der Waals surface area contributed by atoms with E-state index >= 15 is 0 Å². The van der Waals surface area contributed by atoms with Gasteiger partial charge in [0.05, 0.1) is 0 Å². The first-order chi connectivity index (χ1) is 9.52. The molecule has 0 heterocycles. The van der Waals surface area contributed by atoms with Crippen molar-refractivity contribution in [2.75, 3.05) is 6.61 Å². The highest BCUT2D eigenvalue weighted by Crippen LogP contribution is 2.17. The van der Waals surface area contributed by atoms with Gasteiger partial charge in [-0.2, -0.15) is 0 Å². The van der Waals surface area contributed by atoms with Crippen molar-refractivity contribution in [3.8, 4) is 5.75 Å². The Morgan fingerprint density at radius 1 is 1.35 bits per heavy atom. The van der Waals surface area contributed by atoms with E-state index in [9.17, 15) is 9.59 Å². The number of aryl methyl sites for hydroxylation is 1. The maximum Gasteiger partial charge on any atom is 0.303 e. The highest BCUT2D eigenvalue weighted by Gasteiger charge is 2.10. The molecule has 0 spiro atoms. The summed E-state index contributed by atoms with van der Waals surface area (Å²) in [6, 6.07) is 7.41. The number of carboxylic acid groups (broad SMARTS) is 1. The summed E-state index contributed by atoms with van der Waals surface area (Å²) in [6.45, 7) is 3.74. The second-order valence-electron chi connectivity index (χ2n) is 4.65. The molecular weight excluding hydrogens is 258 g/mol. The summed E-state index contributed by atoms with van der Waals surface area (Å²) in [4.78, 5) is 22.1. The van der Waals surface area contributed by atoms with Gasteiger partial charge in [0.15, 0.2) is 6.61 Å². The summed E-state index contributed by atoms with van der Waals surface area (Å²) in [6.07, 6.45) is 1.29. The lowest BCUT2D eigenvalue weighted by atomic mass is 10.1. The van der Waals surface area contributed by atoms with Crippen LogP contribution in [0.2, 0.25) is 0 Å². The van der Waals surface area contributed by atoms with Gasteiger partial charge >= 0.3 is 5.97 Å². The lowest BCUT2D eigenvalue weighted by Crippen LogP contribution is -2.36. The minimum atomic E-state index is -0.862. The van der Waals surface area contributed by atoms with Crippen LogP contribution in [-0.4, -0.2) is 29.6 Å². The molecule has 2 N–H and O–H groups in total. The summed E-state index contributed by atoms with van der Waals surface area (Å²) in [5.41, 5.74) is 1.05. The number of carbonyl (C=O) groups is 2.